The molecule has 2 atom stereocenters. The lowest BCUT2D eigenvalue weighted by Crippen LogP contribution is -2.50. The molecule has 4 heteroatoms. The van der Waals surface area contributed by atoms with Gasteiger partial charge in [-0.05, 0) is 7.05 Å². The summed E-state index contributed by atoms with van der Waals surface area (Å²) in [5, 5.41) is 0. The molecule has 0 aromatic carbocycles. The van der Waals surface area contributed by atoms with E-state index in [9.17, 15) is 0 Å². The molecule has 1 aliphatic rings. The van der Waals surface area contributed by atoms with Gasteiger partial charge in [0.25, 0.3) is 0 Å². The van der Waals surface area contributed by atoms with Crippen LogP contribution in [0, 0.1) is 0 Å². The van der Waals surface area contributed by atoms with Crippen molar-refractivity contribution < 1.29 is 9.47 Å². The SMILES string of the molecule is COCC(N)C1CN(C)CCO1. The molecule has 1 heterocycles. The number of hydrogen-bond donors (Lipinski definition) is 1. The minimum absolute atomic E-state index is 0.00208. The number of nitrogens with zero attached hydrogens (tertiary/aromatic N) is 1. The van der Waals surface area contributed by atoms with E-state index in [0.29, 0.717) is 6.61 Å². The van der Waals surface area contributed by atoms with Gasteiger partial charge in [0, 0.05) is 20.2 Å². The number of hydrogen-bond acceptors (Lipinski definition) is 4. The lowest BCUT2D eigenvalue weighted by atomic mass is 10.1. The van der Waals surface area contributed by atoms with Crippen molar-refractivity contribution in [1.82, 2.24) is 4.90 Å². The molecule has 0 aliphatic carbocycles. The molecule has 2 N–H and O–H groups in total. The van der Waals surface area contributed by atoms with Crippen molar-refractivity contribution in [2.24, 2.45) is 5.73 Å². The summed E-state index contributed by atoms with van der Waals surface area (Å²) in [6.07, 6.45) is 0.128. The highest BCUT2D eigenvalue weighted by molar-refractivity contribution is 4.78. The molecule has 12 heavy (non-hydrogen) atoms. The second-order valence-corrected chi connectivity index (χ2v) is 3.29. The summed E-state index contributed by atoms with van der Waals surface area (Å²) in [5.74, 6) is 0. The monoisotopic (exact) mass is 174 g/mol. The molecule has 1 saturated heterocycles. The van der Waals surface area contributed by atoms with Gasteiger partial charge >= 0.3 is 0 Å². The van der Waals surface area contributed by atoms with Crippen molar-refractivity contribution in [3.05, 3.63) is 0 Å². The highest BCUT2D eigenvalue weighted by atomic mass is 16.5. The fourth-order valence-corrected chi connectivity index (χ4v) is 1.37. The van der Waals surface area contributed by atoms with E-state index >= 15 is 0 Å². The molecule has 0 radical (unpaired) electrons. The maximum Gasteiger partial charge on any atom is 0.0875 e. The highest BCUT2D eigenvalue weighted by Gasteiger charge is 2.23. The normalized spacial score (nSPS) is 28.8. The molecule has 2 unspecified atom stereocenters. The Morgan fingerprint density at radius 1 is 1.75 bits per heavy atom. The Morgan fingerprint density at radius 2 is 2.50 bits per heavy atom. The molecular weight excluding hydrogens is 156 g/mol. The van der Waals surface area contributed by atoms with Gasteiger partial charge in [-0.25, -0.2) is 0 Å². The molecule has 0 aromatic heterocycles. The lowest BCUT2D eigenvalue weighted by Gasteiger charge is -2.33. The first-order valence-electron chi connectivity index (χ1n) is 4.28. The molecule has 1 fully saturated rings. The van der Waals surface area contributed by atoms with Gasteiger partial charge in [0.15, 0.2) is 0 Å². The number of likely N-dealkylation sites (N-methyl/N-ethyl adjacent to an activating group) is 1. The van der Waals surface area contributed by atoms with Gasteiger partial charge in [-0.1, -0.05) is 0 Å². The van der Waals surface area contributed by atoms with Crippen LogP contribution in [0.3, 0.4) is 0 Å². The van der Waals surface area contributed by atoms with Gasteiger partial charge in [0.2, 0.25) is 0 Å². The van der Waals surface area contributed by atoms with Crippen molar-refractivity contribution in [3.63, 3.8) is 0 Å². The third-order valence-corrected chi connectivity index (χ3v) is 2.13. The first kappa shape index (κ1) is 9.92. The van der Waals surface area contributed by atoms with E-state index in [0.717, 1.165) is 19.7 Å². The van der Waals surface area contributed by atoms with Crippen molar-refractivity contribution in [1.29, 1.82) is 0 Å². The molecule has 0 amide bonds. The Balaban J connectivity index is 2.29. The average Bonchev–Trinajstić information content (AvgIpc) is 2.05. The number of methoxy groups -OCH3 is 1. The molecule has 72 valence electrons. The van der Waals surface area contributed by atoms with E-state index in [-0.39, 0.29) is 12.1 Å². The van der Waals surface area contributed by atoms with Crippen LogP contribution in [0.5, 0.6) is 0 Å². The van der Waals surface area contributed by atoms with Gasteiger partial charge in [0.05, 0.1) is 25.4 Å². The second kappa shape index (κ2) is 4.77. The second-order valence-electron chi connectivity index (χ2n) is 3.29. The molecule has 1 aliphatic heterocycles. The van der Waals surface area contributed by atoms with Crippen molar-refractivity contribution >= 4 is 0 Å². The first-order chi connectivity index (χ1) is 5.74. The van der Waals surface area contributed by atoms with E-state index < -0.39 is 0 Å². The lowest BCUT2D eigenvalue weighted by molar-refractivity contribution is -0.0434. The van der Waals surface area contributed by atoms with Crippen LogP contribution in [-0.4, -0.2) is 57.5 Å². The van der Waals surface area contributed by atoms with E-state index in [4.69, 9.17) is 15.2 Å². The first-order valence-corrected chi connectivity index (χ1v) is 4.28. The van der Waals surface area contributed by atoms with E-state index in [1.54, 1.807) is 7.11 Å². The summed E-state index contributed by atoms with van der Waals surface area (Å²) in [6.45, 7) is 3.25. The summed E-state index contributed by atoms with van der Waals surface area (Å²) >= 11 is 0. The zero-order chi connectivity index (χ0) is 8.97. The Hall–Kier alpha value is -0.160. The maximum absolute atomic E-state index is 5.84. The van der Waals surface area contributed by atoms with Crippen LogP contribution in [0.15, 0.2) is 0 Å². The third-order valence-electron chi connectivity index (χ3n) is 2.13. The van der Waals surface area contributed by atoms with Gasteiger partial charge in [-0.3, -0.25) is 0 Å². The Morgan fingerprint density at radius 3 is 3.08 bits per heavy atom. The number of morpholine rings is 1. The van der Waals surface area contributed by atoms with Gasteiger partial charge < -0.3 is 20.1 Å². The minimum atomic E-state index is -0.00208. The minimum Gasteiger partial charge on any atom is -0.383 e. The van der Waals surface area contributed by atoms with Crippen LogP contribution >= 0.6 is 0 Å². The third kappa shape index (κ3) is 2.71. The summed E-state index contributed by atoms with van der Waals surface area (Å²) < 4.78 is 10.5. The summed E-state index contributed by atoms with van der Waals surface area (Å²) in [7, 11) is 3.74. The van der Waals surface area contributed by atoms with Crippen LogP contribution in [-0.2, 0) is 9.47 Å². The van der Waals surface area contributed by atoms with Crippen LogP contribution in [0.1, 0.15) is 0 Å². The molecular formula is C8H18N2O2. The number of nitrogens with two attached hydrogens (primary N) is 1. The maximum atomic E-state index is 5.84. The van der Waals surface area contributed by atoms with Crippen LogP contribution < -0.4 is 5.73 Å². The summed E-state index contributed by atoms with van der Waals surface area (Å²) in [5.41, 5.74) is 5.84. The molecule has 4 nitrogen and oxygen atoms in total. The van der Waals surface area contributed by atoms with E-state index in [1.807, 2.05) is 0 Å². The molecule has 1 rings (SSSR count). The Kier molecular flexibility index (Phi) is 3.94. The standard InChI is InChI=1S/C8H18N2O2/c1-10-3-4-12-8(5-10)7(9)6-11-2/h7-8H,3-6,9H2,1-2H3. The zero-order valence-corrected chi connectivity index (χ0v) is 7.82. The summed E-state index contributed by atoms with van der Waals surface area (Å²) in [4.78, 5) is 2.23. The quantitative estimate of drug-likeness (QED) is 0.614. The smallest absolute Gasteiger partial charge is 0.0875 e. The predicted octanol–water partition coefficient (Wildman–Crippen LogP) is -0.709. The highest BCUT2D eigenvalue weighted by Crippen LogP contribution is 2.05. The number of ether oxygens (including phenoxy) is 2. The van der Waals surface area contributed by atoms with E-state index in [2.05, 4.69) is 11.9 Å². The fraction of sp³-hybridized carbons (Fsp3) is 1.00. The van der Waals surface area contributed by atoms with Crippen LogP contribution in [0.4, 0.5) is 0 Å². The van der Waals surface area contributed by atoms with Crippen molar-refractivity contribution in [2.75, 3.05) is 40.5 Å². The van der Waals surface area contributed by atoms with Crippen molar-refractivity contribution in [3.8, 4) is 0 Å². The predicted molar refractivity (Wildman–Crippen MR) is 47.1 cm³/mol. The Labute approximate surface area is 73.6 Å². The fourth-order valence-electron chi connectivity index (χ4n) is 1.37. The van der Waals surface area contributed by atoms with Gasteiger partial charge in [-0.15, -0.1) is 0 Å². The van der Waals surface area contributed by atoms with Crippen molar-refractivity contribution in [2.45, 2.75) is 12.1 Å². The topological polar surface area (TPSA) is 47.7 Å². The van der Waals surface area contributed by atoms with Crippen LogP contribution in [0.25, 0.3) is 0 Å². The summed E-state index contributed by atoms with van der Waals surface area (Å²) in [6, 6.07) is -0.00208. The molecule has 0 spiro atoms. The Bertz CT molecular complexity index is 132. The zero-order valence-electron chi connectivity index (χ0n) is 7.82. The van der Waals surface area contributed by atoms with Gasteiger partial charge in [0.1, 0.15) is 0 Å². The van der Waals surface area contributed by atoms with Crippen LogP contribution in [0.2, 0.25) is 0 Å². The number of rotatable bonds is 3. The molecule has 0 saturated carbocycles. The molecule has 0 bridgehead atoms. The average molecular weight is 174 g/mol. The van der Waals surface area contributed by atoms with E-state index in [1.165, 1.54) is 0 Å². The molecule has 0 aromatic rings. The largest absolute Gasteiger partial charge is 0.383 e. The van der Waals surface area contributed by atoms with Gasteiger partial charge in [-0.2, -0.15) is 0 Å².